The lowest BCUT2D eigenvalue weighted by Crippen LogP contribution is -2.04. The first-order valence-electron chi connectivity index (χ1n) is 5.16. The van der Waals surface area contributed by atoms with Crippen molar-refractivity contribution in [2.24, 2.45) is 0 Å². The molecule has 0 saturated carbocycles. The molecule has 2 aromatic carbocycles. The molecule has 18 heavy (non-hydrogen) atoms. The highest BCUT2D eigenvalue weighted by molar-refractivity contribution is 6.00. The van der Waals surface area contributed by atoms with Gasteiger partial charge in [-0.1, -0.05) is 0 Å². The number of fused-ring (bicyclic) bond motifs is 1. The molecule has 0 saturated heterocycles. The van der Waals surface area contributed by atoms with Crippen LogP contribution in [0.2, 0.25) is 0 Å². The minimum Gasteiger partial charge on any atom is -0.507 e. The molecule has 0 radical (unpaired) electrons. The van der Waals surface area contributed by atoms with Gasteiger partial charge in [-0.15, -0.1) is 0 Å². The largest absolute Gasteiger partial charge is 0.507 e. The van der Waals surface area contributed by atoms with E-state index in [2.05, 4.69) is 4.74 Å². The lowest BCUT2D eigenvalue weighted by molar-refractivity contribution is 0.0597. The Morgan fingerprint density at radius 3 is 2.56 bits per heavy atom. The van der Waals surface area contributed by atoms with Gasteiger partial charge >= 0.3 is 5.97 Å². The molecule has 0 aliphatic rings. The van der Waals surface area contributed by atoms with Crippen molar-refractivity contribution < 1.29 is 23.8 Å². The number of halogens is 1. The summed E-state index contributed by atoms with van der Waals surface area (Å²) in [5.41, 5.74) is 0.108. The van der Waals surface area contributed by atoms with Gasteiger partial charge in [0, 0.05) is 10.8 Å². The molecule has 5 heteroatoms. The van der Waals surface area contributed by atoms with E-state index in [9.17, 15) is 14.3 Å². The zero-order valence-electron chi connectivity index (χ0n) is 9.86. The van der Waals surface area contributed by atoms with E-state index in [1.54, 1.807) is 0 Å². The summed E-state index contributed by atoms with van der Waals surface area (Å²) in [6.07, 6.45) is 0. The summed E-state index contributed by atoms with van der Waals surface area (Å²) in [4.78, 5) is 11.5. The van der Waals surface area contributed by atoms with Crippen LogP contribution in [0.25, 0.3) is 10.8 Å². The van der Waals surface area contributed by atoms with E-state index in [1.165, 1.54) is 32.4 Å². The number of carbonyl (C=O) groups is 1. The van der Waals surface area contributed by atoms with Crippen LogP contribution in [0.4, 0.5) is 4.39 Å². The van der Waals surface area contributed by atoms with Gasteiger partial charge in [0.1, 0.15) is 22.9 Å². The van der Waals surface area contributed by atoms with Crippen LogP contribution < -0.4 is 4.74 Å². The Hall–Kier alpha value is -2.30. The second kappa shape index (κ2) is 4.52. The van der Waals surface area contributed by atoms with Crippen molar-refractivity contribution in [3.8, 4) is 11.5 Å². The molecule has 0 unspecified atom stereocenters. The highest BCUT2D eigenvalue weighted by Gasteiger charge is 2.17. The molecule has 94 valence electrons. The first-order chi connectivity index (χ1) is 8.58. The summed E-state index contributed by atoms with van der Waals surface area (Å²) in [6.45, 7) is 0. The molecule has 0 aromatic heterocycles. The van der Waals surface area contributed by atoms with E-state index in [1.807, 2.05) is 0 Å². The van der Waals surface area contributed by atoms with Gasteiger partial charge in [0.2, 0.25) is 0 Å². The Morgan fingerprint density at radius 2 is 1.94 bits per heavy atom. The summed E-state index contributed by atoms with van der Waals surface area (Å²) in [7, 11) is 2.61. The van der Waals surface area contributed by atoms with Crippen LogP contribution in [0.15, 0.2) is 24.3 Å². The van der Waals surface area contributed by atoms with E-state index in [-0.39, 0.29) is 27.8 Å². The summed E-state index contributed by atoms with van der Waals surface area (Å²) in [6, 6.07) is 5.08. The number of hydrogen-bond donors (Lipinski definition) is 1. The molecule has 2 aromatic rings. The van der Waals surface area contributed by atoms with Crippen LogP contribution in [-0.4, -0.2) is 25.3 Å². The Bertz CT molecular complexity index is 622. The number of aromatic hydroxyl groups is 1. The third-order valence-electron chi connectivity index (χ3n) is 2.67. The fourth-order valence-corrected chi connectivity index (χ4v) is 1.76. The van der Waals surface area contributed by atoms with Gasteiger partial charge in [0.25, 0.3) is 0 Å². The number of methoxy groups -OCH3 is 2. The Labute approximate surface area is 103 Å². The Morgan fingerprint density at radius 1 is 1.22 bits per heavy atom. The molecule has 0 bridgehead atoms. The molecule has 0 aliphatic heterocycles. The zero-order chi connectivity index (χ0) is 13.3. The molecular formula is C13H11FO4. The van der Waals surface area contributed by atoms with Crippen molar-refractivity contribution in [2.45, 2.75) is 0 Å². The number of esters is 1. The molecule has 4 nitrogen and oxygen atoms in total. The lowest BCUT2D eigenvalue weighted by atomic mass is 10.0. The van der Waals surface area contributed by atoms with Gasteiger partial charge in [0.05, 0.1) is 14.2 Å². The van der Waals surface area contributed by atoms with Gasteiger partial charge in [-0.2, -0.15) is 0 Å². The van der Waals surface area contributed by atoms with Crippen LogP contribution in [0, 0.1) is 5.82 Å². The second-order valence-corrected chi connectivity index (χ2v) is 3.66. The highest BCUT2D eigenvalue weighted by Crippen LogP contribution is 2.33. The SMILES string of the molecule is COC(=O)c1cc2c(F)ccc(O)c2cc1OC. The Balaban J connectivity index is 2.81. The molecule has 0 fully saturated rings. The standard InChI is InChI=1S/C13H11FO4/c1-17-12-6-8-7(5-9(12)13(16)18-2)10(14)3-4-11(8)15/h3-6,15H,1-2H3. The van der Waals surface area contributed by atoms with Gasteiger partial charge in [0.15, 0.2) is 0 Å². The van der Waals surface area contributed by atoms with Crippen LogP contribution in [-0.2, 0) is 4.74 Å². The number of phenolic OH excluding ortho intramolecular Hbond substituents is 1. The summed E-state index contributed by atoms with van der Waals surface area (Å²) in [5.74, 6) is -1.02. The zero-order valence-corrected chi connectivity index (χ0v) is 9.86. The van der Waals surface area contributed by atoms with Crippen LogP contribution in [0.3, 0.4) is 0 Å². The number of ether oxygens (including phenoxy) is 2. The van der Waals surface area contributed by atoms with Crippen LogP contribution in [0.1, 0.15) is 10.4 Å². The van der Waals surface area contributed by atoms with Gasteiger partial charge < -0.3 is 14.6 Å². The molecule has 2 rings (SSSR count). The third kappa shape index (κ3) is 1.84. The van der Waals surface area contributed by atoms with Crippen molar-refractivity contribution in [1.29, 1.82) is 0 Å². The van der Waals surface area contributed by atoms with Crippen LogP contribution >= 0.6 is 0 Å². The average Bonchev–Trinajstić information content (AvgIpc) is 2.40. The molecular weight excluding hydrogens is 239 g/mol. The van der Waals surface area contributed by atoms with E-state index in [4.69, 9.17) is 4.74 Å². The van der Waals surface area contributed by atoms with Crippen molar-refractivity contribution in [1.82, 2.24) is 0 Å². The summed E-state index contributed by atoms with van der Waals surface area (Å²) < 4.78 is 23.3. The number of rotatable bonds is 2. The average molecular weight is 250 g/mol. The topological polar surface area (TPSA) is 55.8 Å². The van der Waals surface area contributed by atoms with E-state index < -0.39 is 11.8 Å². The monoisotopic (exact) mass is 250 g/mol. The summed E-state index contributed by atoms with van der Waals surface area (Å²) in [5, 5.41) is 10.1. The maximum absolute atomic E-state index is 13.6. The van der Waals surface area contributed by atoms with Gasteiger partial charge in [-0.05, 0) is 24.3 Å². The van der Waals surface area contributed by atoms with Crippen molar-refractivity contribution in [3.63, 3.8) is 0 Å². The van der Waals surface area contributed by atoms with Crippen molar-refractivity contribution in [2.75, 3.05) is 14.2 Å². The predicted octanol–water partition coefficient (Wildman–Crippen LogP) is 2.48. The maximum atomic E-state index is 13.6. The highest BCUT2D eigenvalue weighted by atomic mass is 19.1. The number of benzene rings is 2. The van der Waals surface area contributed by atoms with Gasteiger partial charge in [-0.3, -0.25) is 0 Å². The molecule has 0 spiro atoms. The fraction of sp³-hybridized carbons (Fsp3) is 0.154. The molecule has 0 aliphatic carbocycles. The normalized spacial score (nSPS) is 10.4. The fourth-order valence-electron chi connectivity index (χ4n) is 1.76. The van der Waals surface area contributed by atoms with Crippen molar-refractivity contribution >= 4 is 16.7 Å². The number of hydrogen-bond acceptors (Lipinski definition) is 4. The minimum atomic E-state index is -0.628. The lowest BCUT2D eigenvalue weighted by Gasteiger charge is -2.10. The van der Waals surface area contributed by atoms with E-state index in [0.29, 0.717) is 0 Å². The van der Waals surface area contributed by atoms with Crippen molar-refractivity contribution in [3.05, 3.63) is 35.6 Å². The molecule has 0 amide bonds. The first kappa shape index (κ1) is 12.2. The summed E-state index contributed by atoms with van der Waals surface area (Å²) >= 11 is 0. The number of carbonyl (C=O) groups excluding carboxylic acids is 1. The number of phenols is 1. The second-order valence-electron chi connectivity index (χ2n) is 3.66. The quantitative estimate of drug-likeness (QED) is 0.832. The van der Waals surface area contributed by atoms with Crippen LogP contribution in [0.5, 0.6) is 11.5 Å². The first-order valence-corrected chi connectivity index (χ1v) is 5.16. The molecule has 0 atom stereocenters. The van der Waals surface area contributed by atoms with E-state index >= 15 is 0 Å². The minimum absolute atomic E-state index is 0.0823. The van der Waals surface area contributed by atoms with Gasteiger partial charge in [-0.25, -0.2) is 9.18 Å². The maximum Gasteiger partial charge on any atom is 0.341 e. The van der Waals surface area contributed by atoms with E-state index in [0.717, 1.165) is 6.07 Å². The molecule has 1 N–H and O–H groups in total. The smallest absolute Gasteiger partial charge is 0.341 e. The molecule has 0 heterocycles. The predicted molar refractivity (Wildman–Crippen MR) is 63.5 cm³/mol. The third-order valence-corrected chi connectivity index (χ3v) is 2.67. The Kier molecular flexibility index (Phi) is 3.06.